The summed E-state index contributed by atoms with van der Waals surface area (Å²) in [5.74, 6) is 0. The first-order chi connectivity index (χ1) is 19.8. The zero-order valence-electron chi connectivity index (χ0n) is 21.8. The summed E-state index contributed by atoms with van der Waals surface area (Å²) < 4.78 is 0. The van der Waals surface area contributed by atoms with E-state index in [9.17, 15) is 0 Å². The fourth-order valence-corrected chi connectivity index (χ4v) is 4.59. The van der Waals surface area contributed by atoms with E-state index in [4.69, 9.17) is 9.98 Å². The van der Waals surface area contributed by atoms with Gasteiger partial charge < -0.3 is 0 Å². The predicted molar refractivity (Wildman–Crippen MR) is 166 cm³/mol. The van der Waals surface area contributed by atoms with Crippen LogP contribution >= 0.6 is 0 Å². The van der Waals surface area contributed by atoms with Crippen LogP contribution in [0.3, 0.4) is 0 Å². The number of aromatic nitrogens is 2. The maximum absolute atomic E-state index is 4.73. The summed E-state index contributed by atoms with van der Waals surface area (Å²) in [5, 5.41) is 0. The number of benzene rings is 4. The highest BCUT2D eigenvalue weighted by Gasteiger charge is 2.14. The van der Waals surface area contributed by atoms with Gasteiger partial charge in [0.25, 0.3) is 0 Å². The van der Waals surface area contributed by atoms with E-state index in [1.165, 1.54) is 0 Å². The van der Waals surface area contributed by atoms with Gasteiger partial charge in [0.2, 0.25) is 0 Å². The van der Waals surface area contributed by atoms with Gasteiger partial charge in [0.15, 0.2) is 0 Å². The van der Waals surface area contributed by atoms with E-state index in [1.807, 2.05) is 48.5 Å². The summed E-state index contributed by atoms with van der Waals surface area (Å²) in [4.78, 5) is 18.2. The van der Waals surface area contributed by atoms with Crippen molar-refractivity contribution in [2.75, 3.05) is 0 Å². The molecule has 190 valence electrons. The molecule has 4 heteroatoms. The lowest BCUT2D eigenvalue weighted by atomic mass is 9.89. The highest BCUT2D eigenvalue weighted by Crippen LogP contribution is 2.41. The number of pyridine rings is 2. The van der Waals surface area contributed by atoms with Crippen LogP contribution in [-0.4, -0.2) is 22.4 Å². The Morgan fingerprint density at radius 2 is 0.825 bits per heavy atom. The highest BCUT2D eigenvalue weighted by atomic mass is 14.8. The largest absolute Gasteiger partial charge is 0.255 e. The first kappa shape index (κ1) is 24.8. The van der Waals surface area contributed by atoms with Crippen LogP contribution in [0.1, 0.15) is 11.4 Å². The molecule has 0 bridgehead atoms. The smallest absolute Gasteiger partial charge is 0.0812 e. The lowest BCUT2D eigenvalue weighted by Gasteiger charge is -2.16. The number of nitrogens with zero attached hydrogens (tertiary/aromatic N) is 4. The molecule has 0 spiro atoms. The van der Waals surface area contributed by atoms with Crippen molar-refractivity contribution in [3.05, 3.63) is 157 Å². The SMILES string of the molecule is C(=Nc1ccc(-c2ccc(N=Cc3ccccn3)cc2-c2ccccc2)c(-c2ccccc2)c1)c1ccccn1. The zero-order valence-corrected chi connectivity index (χ0v) is 21.8. The van der Waals surface area contributed by atoms with Gasteiger partial charge in [-0.15, -0.1) is 0 Å². The Bertz CT molecular complexity index is 1630. The van der Waals surface area contributed by atoms with Crippen molar-refractivity contribution in [1.29, 1.82) is 0 Å². The fourth-order valence-electron chi connectivity index (χ4n) is 4.59. The van der Waals surface area contributed by atoms with Gasteiger partial charge in [-0.25, -0.2) is 0 Å². The van der Waals surface area contributed by atoms with Gasteiger partial charge in [0, 0.05) is 12.4 Å². The first-order valence-corrected chi connectivity index (χ1v) is 13.1. The average molecular weight is 515 g/mol. The molecule has 40 heavy (non-hydrogen) atoms. The molecule has 0 fully saturated rings. The van der Waals surface area contributed by atoms with Crippen LogP contribution in [0.5, 0.6) is 0 Å². The fraction of sp³-hybridized carbons (Fsp3) is 0. The highest BCUT2D eigenvalue weighted by molar-refractivity contribution is 5.94. The third-order valence-electron chi connectivity index (χ3n) is 6.53. The van der Waals surface area contributed by atoms with Gasteiger partial charge in [-0.3, -0.25) is 20.0 Å². The predicted octanol–water partition coefficient (Wildman–Crippen LogP) is 8.98. The molecule has 0 saturated carbocycles. The average Bonchev–Trinajstić information content (AvgIpc) is 3.04. The molecule has 0 saturated heterocycles. The van der Waals surface area contributed by atoms with E-state index in [0.717, 1.165) is 56.1 Å². The minimum absolute atomic E-state index is 0.820. The van der Waals surface area contributed by atoms with Crippen LogP contribution in [0.15, 0.2) is 156 Å². The number of aliphatic imine (C=N–C) groups is 2. The van der Waals surface area contributed by atoms with E-state index in [0.29, 0.717) is 0 Å². The van der Waals surface area contributed by atoms with Crippen LogP contribution in [0.2, 0.25) is 0 Å². The monoisotopic (exact) mass is 514 g/mol. The Kier molecular flexibility index (Phi) is 7.40. The van der Waals surface area contributed by atoms with E-state index >= 15 is 0 Å². The van der Waals surface area contributed by atoms with E-state index in [2.05, 4.69) is 94.9 Å². The summed E-state index contributed by atoms with van der Waals surface area (Å²) >= 11 is 0. The molecule has 6 aromatic rings. The molecule has 6 rings (SSSR count). The second kappa shape index (κ2) is 11.9. The van der Waals surface area contributed by atoms with Crippen molar-refractivity contribution in [1.82, 2.24) is 9.97 Å². The molecular formula is C36H26N4. The van der Waals surface area contributed by atoms with Crippen molar-refractivity contribution in [2.45, 2.75) is 0 Å². The minimum Gasteiger partial charge on any atom is -0.255 e. The van der Waals surface area contributed by atoms with Crippen molar-refractivity contribution < 1.29 is 0 Å². The number of hydrogen-bond donors (Lipinski definition) is 0. The van der Waals surface area contributed by atoms with Crippen LogP contribution < -0.4 is 0 Å². The summed E-state index contributed by atoms with van der Waals surface area (Å²) in [5.41, 5.74) is 10.1. The molecule has 0 atom stereocenters. The van der Waals surface area contributed by atoms with Crippen LogP contribution in [0, 0.1) is 0 Å². The van der Waals surface area contributed by atoms with E-state index in [-0.39, 0.29) is 0 Å². The summed E-state index contributed by atoms with van der Waals surface area (Å²) in [6.45, 7) is 0. The Hall–Kier alpha value is -5.48. The molecule has 0 aliphatic rings. The molecule has 2 aromatic heterocycles. The van der Waals surface area contributed by atoms with Gasteiger partial charge in [-0.2, -0.15) is 0 Å². The van der Waals surface area contributed by atoms with Gasteiger partial charge >= 0.3 is 0 Å². The van der Waals surface area contributed by atoms with E-state index in [1.54, 1.807) is 24.8 Å². The number of hydrogen-bond acceptors (Lipinski definition) is 4. The maximum Gasteiger partial charge on any atom is 0.0812 e. The summed E-state index contributed by atoms with van der Waals surface area (Å²) in [7, 11) is 0. The van der Waals surface area contributed by atoms with Gasteiger partial charge in [0.05, 0.1) is 35.2 Å². The molecule has 2 heterocycles. The molecule has 0 unspecified atom stereocenters. The van der Waals surface area contributed by atoms with Gasteiger partial charge in [-0.1, -0.05) is 84.9 Å². The van der Waals surface area contributed by atoms with Crippen LogP contribution in [0.25, 0.3) is 33.4 Å². The van der Waals surface area contributed by atoms with Crippen molar-refractivity contribution in [3.63, 3.8) is 0 Å². The topological polar surface area (TPSA) is 50.5 Å². The molecule has 0 radical (unpaired) electrons. The maximum atomic E-state index is 4.73. The van der Waals surface area contributed by atoms with Crippen molar-refractivity contribution >= 4 is 23.8 Å². The first-order valence-electron chi connectivity index (χ1n) is 13.1. The second-order valence-electron chi connectivity index (χ2n) is 9.22. The molecule has 4 aromatic carbocycles. The Balaban J connectivity index is 1.47. The normalized spacial score (nSPS) is 11.3. The van der Waals surface area contributed by atoms with Crippen molar-refractivity contribution in [3.8, 4) is 33.4 Å². The third-order valence-corrected chi connectivity index (χ3v) is 6.53. The molecule has 0 aliphatic heterocycles. The van der Waals surface area contributed by atoms with Gasteiger partial charge in [0.1, 0.15) is 0 Å². The minimum atomic E-state index is 0.820. The number of rotatable bonds is 7. The molecule has 0 N–H and O–H groups in total. The second-order valence-corrected chi connectivity index (χ2v) is 9.22. The molecule has 4 nitrogen and oxygen atoms in total. The standard InChI is InChI=1S/C36H26N4/c1-3-11-27(12-4-1)35-23-29(39-25-31-15-7-9-21-37-31)17-19-33(35)34-20-18-30(40-26-32-16-8-10-22-38-32)24-36(34)28-13-5-2-6-14-28/h1-26H. The lowest BCUT2D eigenvalue weighted by molar-refractivity contribution is 1.30. The molecular weight excluding hydrogens is 488 g/mol. The van der Waals surface area contributed by atoms with Crippen LogP contribution in [0.4, 0.5) is 11.4 Å². The third kappa shape index (κ3) is 5.82. The van der Waals surface area contributed by atoms with E-state index < -0.39 is 0 Å². The zero-order chi connectivity index (χ0) is 27.0. The van der Waals surface area contributed by atoms with Crippen LogP contribution in [-0.2, 0) is 0 Å². The molecule has 0 amide bonds. The lowest BCUT2D eigenvalue weighted by Crippen LogP contribution is -1.90. The quantitative estimate of drug-likeness (QED) is 0.200. The Labute approximate surface area is 234 Å². The molecule has 0 aliphatic carbocycles. The Morgan fingerprint density at radius 1 is 0.400 bits per heavy atom. The summed E-state index contributed by atoms with van der Waals surface area (Å²) in [6.07, 6.45) is 7.14. The van der Waals surface area contributed by atoms with Crippen molar-refractivity contribution in [2.24, 2.45) is 9.98 Å². The summed E-state index contributed by atoms with van der Waals surface area (Å²) in [6, 6.07) is 45.2. The van der Waals surface area contributed by atoms with Gasteiger partial charge in [-0.05, 0) is 81.9 Å². The Morgan fingerprint density at radius 3 is 1.23 bits per heavy atom.